The molecule has 32 heavy (non-hydrogen) atoms. The third-order valence-electron chi connectivity index (χ3n) is 5.58. The van der Waals surface area contributed by atoms with Crippen LogP contribution in [0.1, 0.15) is 34.6 Å². The van der Waals surface area contributed by atoms with Crippen LogP contribution in [0.2, 0.25) is 0 Å². The monoisotopic (exact) mass is 447 g/mol. The van der Waals surface area contributed by atoms with Crippen molar-refractivity contribution in [2.75, 3.05) is 17.7 Å². The van der Waals surface area contributed by atoms with Crippen molar-refractivity contribution in [1.29, 1.82) is 0 Å². The van der Waals surface area contributed by atoms with E-state index in [2.05, 4.69) is 39.9 Å². The minimum absolute atomic E-state index is 0. The third-order valence-corrected chi connectivity index (χ3v) is 6.72. The second kappa shape index (κ2) is 9.00. The van der Waals surface area contributed by atoms with Crippen LogP contribution in [0.5, 0.6) is 0 Å². The van der Waals surface area contributed by atoms with Crippen LogP contribution in [-0.4, -0.2) is 45.7 Å². The van der Waals surface area contributed by atoms with Crippen LogP contribution in [0.3, 0.4) is 0 Å². The lowest BCUT2D eigenvalue weighted by molar-refractivity contribution is -0.119. The number of anilines is 1. The molecule has 2 aromatic carbocycles. The molecule has 0 spiro atoms. The quantitative estimate of drug-likeness (QED) is 0.663. The van der Waals surface area contributed by atoms with E-state index in [0.29, 0.717) is 18.0 Å². The fourth-order valence-corrected chi connectivity index (χ4v) is 5.03. The lowest BCUT2D eigenvalue weighted by Gasteiger charge is -2.22. The molecule has 1 aromatic heterocycles. The van der Waals surface area contributed by atoms with Crippen molar-refractivity contribution >= 4 is 35.3 Å². The van der Waals surface area contributed by atoms with Gasteiger partial charge in [0.05, 0.1) is 18.4 Å². The maximum absolute atomic E-state index is 13.1. The first-order chi connectivity index (χ1) is 15.1. The average molecular weight is 448 g/mol. The summed E-state index contributed by atoms with van der Waals surface area (Å²) >= 11 is 1.59. The lowest BCUT2D eigenvalue weighted by atomic mass is 10.1. The molecule has 2 amide bonds. The minimum atomic E-state index is -0.639. The number of carbonyl (C=O) groups is 2. The SMILES string of the molecule is C.CN1C(=O)[C@@H](NC(=O)c2cnnn2Cc2ccccc2)CSc2cc3c(cc21)C=CC3. The predicted octanol–water partition coefficient (Wildman–Crippen LogP) is 3.40. The second-order valence-electron chi connectivity index (χ2n) is 7.62. The summed E-state index contributed by atoms with van der Waals surface area (Å²) in [6.07, 6.45) is 6.57. The molecule has 1 N–H and O–H groups in total. The molecule has 5 rings (SSSR count). The van der Waals surface area contributed by atoms with Gasteiger partial charge in [-0.25, -0.2) is 4.68 Å². The molecule has 164 valence electrons. The van der Waals surface area contributed by atoms with Gasteiger partial charge >= 0.3 is 0 Å². The lowest BCUT2D eigenvalue weighted by Crippen LogP contribution is -2.48. The summed E-state index contributed by atoms with van der Waals surface area (Å²) in [4.78, 5) is 28.8. The fraction of sp³-hybridized carbons (Fsp3) is 0.250. The number of fused-ring (bicyclic) bond motifs is 2. The number of nitrogens with one attached hydrogen (secondary N) is 1. The molecule has 2 aliphatic rings. The fourth-order valence-electron chi connectivity index (χ4n) is 3.89. The van der Waals surface area contributed by atoms with Crippen LogP contribution in [0.25, 0.3) is 6.08 Å². The van der Waals surface area contributed by atoms with E-state index >= 15 is 0 Å². The zero-order valence-electron chi connectivity index (χ0n) is 17.0. The molecule has 7 nitrogen and oxygen atoms in total. The standard InChI is InChI=1S/C23H21N5O2S.CH4/c1-27-19-10-16-8-5-9-17(16)11-21(19)31-14-18(23(27)30)25-22(29)20-12-24-26-28(20)13-15-6-3-2-4-7-15;/h2-8,10-12,18H,9,13-14H2,1H3,(H,25,29);1H4/t18-;/m0./s1. The molecule has 0 saturated carbocycles. The van der Waals surface area contributed by atoms with Gasteiger partial charge in [-0.15, -0.1) is 16.9 Å². The molecule has 0 radical (unpaired) electrons. The van der Waals surface area contributed by atoms with E-state index in [9.17, 15) is 9.59 Å². The van der Waals surface area contributed by atoms with Gasteiger partial charge in [-0.3, -0.25) is 9.59 Å². The van der Waals surface area contributed by atoms with Crippen molar-refractivity contribution in [2.45, 2.75) is 31.3 Å². The Morgan fingerprint density at radius 1 is 1.25 bits per heavy atom. The topological polar surface area (TPSA) is 80.1 Å². The van der Waals surface area contributed by atoms with E-state index in [1.54, 1.807) is 28.4 Å². The van der Waals surface area contributed by atoms with Crippen LogP contribution in [0.15, 0.2) is 59.6 Å². The number of hydrogen-bond donors (Lipinski definition) is 1. The van der Waals surface area contributed by atoms with Crippen LogP contribution in [0, 0.1) is 0 Å². The number of thioether (sulfide) groups is 1. The van der Waals surface area contributed by atoms with E-state index in [0.717, 1.165) is 28.1 Å². The Morgan fingerprint density at radius 3 is 2.88 bits per heavy atom. The average Bonchev–Trinajstić information content (AvgIpc) is 3.42. The zero-order valence-corrected chi connectivity index (χ0v) is 17.8. The van der Waals surface area contributed by atoms with E-state index in [4.69, 9.17) is 0 Å². The summed E-state index contributed by atoms with van der Waals surface area (Å²) in [6.45, 7) is 0.432. The van der Waals surface area contributed by atoms with Crippen molar-refractivity contribution < 1.29 is 9.59 Å². The Hall–Kier alpha value is -3.39. The van der Waals surface area contributed by atoms with Gasteiger partial charge in [-0.1, -0.05) is 55.1 Å². The molecule has 0 fully saturated rings. The number of aromatic nitrogens is 3. The maximum atomic E-state index is 13.1. The van der Waals surface area contributed by atoms with Gasteiger partial charge in [0.25, 0.3) is 5.91 Å². The van der Waals surface area contributed by atoms with Crippen molar-refractivity contribution in [3.05, 3.63) is 77.1 Å². The Labute approximate surface area is 191 Å². The Bertz CT molecular complexity index is 1190. The van der Waals surface area contributed by atoms with Gasteiger partial charge < -0.3 is 10.2 Å². The first-order valence-corrected chi connectivity index (χ1v) is 11.1. The Morgan fingerprint density at radius 2 is 2.06 bits per heavy atom. The third kappa shape index (κ3) is 4.05. The molecular formula is C24H25N5O2S. The highest BCUT2D eigenvalue weighted by Crippen LogP contribution is 2.38. The highest BCUT2D eigenvalue weighted by Gasteiger charge is 2.31. The molecule has 0 unspecified atom stereocenters. The largest absolute Gasteiger partial charge is 0.338 e. The number of amides is 2. The summed E-state index contributed by atoms with van der Waals surface area (Å²) in [6, 6.07) is 13.3. The molecule has 1 atom stereocenters. The highest BCUT2D eigenvalue weighted by atomic mass is 32.2. The van der Waals surface area contributed by atoms with Crippen LogP contribution >= 0.6 is 11.8 Å². The maximum Gasteiger partial charge on any atom is 0.271 e. The van der Waals surface area contributed by atoms with Gasteiger partial charge in [0.15, 0.2) is 0 Å². The number of likely N-dealkylation sites (N-methyl/N-ethyl adjacent to an activating group) is 1. The van der Waals surface area contributed by atoms with Gasteiger partial charge in [0, 0.05) is 17.7 Å². The molecule has 0 saturated heterocycles. The predicted molar refractivity (Wildman–Crippen MR) is 127 cm³/mol. The van der Waals surface area contributed by atoms with Crippen LogP contribution in [0.4, 0.5) is 5.69 Å². The van der Waals surface area contributed by atoms with Gasteiger partial charge in [-0.05, 0) is 35.2 Å². The zero-order chi connectivity index (χ0) is 21.4. The molecule has 0 bridgehead atoms. The van der Waals surface area contributed by atoms with E-state index in [1.165, 1.54) is 11.8 Å². The van der Waals surface area contributed by atoms with Gasteiger partial charge in [-0.2, -0.15) is 0 Å². The van der Waals surface area contributed by atoms with Gasteiger partial charge in [0.2, 0.25) is 5.91 Å². The van der Waals surface area contributed by atoms with Crippen LogP contribution in [-0.2, 0) is 17.8 Å². The molecule has 8 heteroatoms. The van der Waals surface area contributed by atoms with Gasteiger partial charge in [0.1, 0.15) is 11.7 Å². The molecular weight excluding hydrogens is 422 g/mol. The Kier molecular flexibility index (Phi) is 6.14. The highest BCUT2D eigenvalue weighted by molar-refractivity contribution is 7.99. The summed E-state index contributed by atoms with van der Waals surface area (Å²) in [7, 11) is 1.76. The number of benzene rings is 2. The molecule has 3 aromatic rings. The smallest absolute Gasteiger partial charge is 0.271 e. The first-order valence-electron chi connectivity index (χ1n) is 10.1. The summed E-state index contributed by atoms with van der Waals surface area (Å²) in [5.74, 6) is -0.0257. The normalized spacial score (nSPS) is 16.7. The summed E-state index contributed by atoms with van der Waals surface area (Å²) in [5, 5.41) is 10.8. The van der Waals surface area contributed by atoms with Crippen LogP contribution < -0.4 is 10.2 Å². The summed E-state index contributed by atoms with van der Waals surface area (Å²) < 4.78 is 1.55. The molecule has 1 aliphatic carbocycles. The molecule has 1 aliphatic heterocycles. The number of hydrogen-bond acceptors (Lipinski definition) is 5. The Balaban J connectivity index is 0.00000245. The van der Waals surface area contributed by atoms with Crippen molar-refractivity contribution in [3.63, 3.8) is 0 Å². The number of carbonyl (C=O) groups excluding carboxylic acids is 2. The van der Waals surface area contributed by atoms with E-state index in [-0.39, 0.29) is 19.2 Å². The summed E-state index contributed by atoms with van der Waals surface area (Å²) in [5.41, 5.74) is 4.64. The van der Waals surface area contributed by atoms with E-state index in [1.807, 2.05) is 30.3 Å². The van der Waals surface area contributed by atoms with Crippen molar-refractivity contribution in [3.8, 4) is 0 Å². The number of rotatable bonds is 4. The van der Waals surface area contributed by atoms with Crippen molar-refractivity contribution in [2.24, 2.45) is 0 Å². The molecule has 2 heterocycles. The minimum Gasteiger partial charge on any atom is -0.338 e. The second-order valence-corrected chi connectivity index (χ2v) is 8.68. The first kappa shape index (κ1) is 21.8. The number of nitrogens with zero attached hydrogens (tertiary/aromatic N) is 4. The van der Waals surface area contributed by atoms with Crippen molar-refractivity contribution in [1.82, 2.24) is 20.3 Å². The van der Waals surface area contributed by atoms with E-state index < -0.39 is 6.04 Å². The number of allylic oxidation sites excluding steroid dienone is 1.